The predicted molar refractivity (Wildman–Crippen MR) is 149 cm³/mol. The van der Waals surface area contributed by atoms with Crippen molar-refractivity contribution in [2.24, 2.45) is 0 Å². The Hall–Kier alpha value is -3.02. The van der Waals surface area contributed by atoms with E-state index < -0.39 is 17.1 Å². The molecule has 1 N–H and O–H groups in total. The number of nitrogens with one attached hydrogen (secondary N) is 1. The highest BCUT2D eigenvalue weighted by Gasteiger charge is 2.36. The minimum atomic E-state index is -0.523. The molecule has 1 aliphatic rings. The lowest BCUT2D eigenvalue weighted by molar-refractivity contribution is -0.127. The molecule has 1 heterocycles. The molecule has 1 fully saturated rings. The molecule has 3 amide bonds. The summed E-state index contributed by atoms with van der Waals surface area (Å²) >= 11 is 8.86. The molecule has 0 aliphatic carbocycles. The van der Waals surface area contributed by atoms with E-state index in [1.165, 1.54) is 7.11 Å². The van der Waals surface area contributed by atoms with Crippen molar-refractivity contribution in [2.75, 3.05) is 19.0 Å². The Labute approximate surface area is 230 Å². The first-order valence-electron chi connectivity index (χ1n) is 10.7. The van der Waals surface area contributed by atoms with Crippen molar-refractivity contribution < 1.29 is 23.9 Å². The van der Waals surface area contributed by atoms with Crippen molar-refractivity contribution in [1.29, 1.82) is 0 Å². The zero-order valence-electron chi connectivity index (χ0n) is 19.0. The van der Waals surface area contributed by atoms with Crippen molar-refractivity contribution in [3.8, 4) is 11.5 Å². The third kappa shape index (κ3) is 6.40. The highest BCUT2D eigenvalue weighted by Crippen LogP contribution is 2.37. The van der Waals surface area contributed by atoms with E-state index in [1.807, 2.05) is 24.3 Å². The summed E-state index contributed by atoms with van der Waals surface area (Å²) in [7, 11) is 1.53. The number of para-hydroxylation sites is 1. The average molecular weight is 635 g/mol. The summed E-state index contributed by atoms with van der Waals surface area (Å²) < 4.78 is 12.3. The molecular weight excluding hydrogens is 615 g/mol. The van der Waals surface area contributed by atoms with Crippen LogP contribution in [0.2, 0.25) is 5.02 Å². The number of thioether (sulfide) groups is 1. The number of hydrogen-bond donors (Lipinski definition) is 1. The lowest BCUT2D eigenvalue weighted by Gasteiger charge is -2.14. The van der Waals surface area contributed by atoms with Crippen LogP contribution < -0.4 is 14.8 Å². The lowest BCUT2D eigenvalue weighted by Crippen LogP contribution is -2.36. The summed E-state index contributed by atoms with van der Waals surface area (Å²) in [5.74, 6) is 0.0767. The Balaban J connectivity index is 1.47. The van der Waals surface area contributed by atoms with E-state index in [0.29, 0.717) is 34.4 Å². The maximum atomic E-state index is 12.9. The van der Waals surface area contributed by atoms with Crippen LogP contribution in [0.5, 0.6) is 11.5 Å². The SMILES string of the molecule is COc1cc(/C=C2/SC(=O)N(CC(=O)Nc3ccccc3)C2=O)cc(I)c1OCc1ccc(Cl)cc1. The fourth-order valence-electron chi connectivity index (χ4n) is 3.35. The molecule has 0 radical (unpaired) electrons. The van der Waals surface area contributed by atoms with Crippen LogP contribution in [0.15, 0.2) is 71.6 Å². The highest BCUT2D eigenvalue weighted by molar-refractivity contribution is 14.1. The molecule has 1 saturated heterocycles. The summed E-state index contributed by atoms with van der Waals surface area (Å²) in [6.07, 6.45) is 1.60. The first kappa shape index (κ1) is 26.1. The van der Waals surface area contributed by atoms with E-state index in [4.69, 9.17) is 21.1 Å². The van der Waals surface area contributed by atoms with Crippen LogP contribution in [0, 0.1) is 3.57 Å². The number of carbonyl (C=O) groups is 3. The fourth-order valence-corrected chi connectivity index (χ4v) is 5.10. The summed E-state index contributed by atoms with van der Waals surface area (Å²) in [4.78, 5) is 38.8. The molecule has 0 saturated carbocycles. The van der Waals surface area contributed by atoms with Gasteiger partial charge in [-0.05, 0) is 88.0 Å². The van der Waals surface area contributed by atoms with Crippen molar-refractivity contribution in [1.82, 2.24) is 4.90 Å². The minimum Gasteiger partial charge on any atom is -0.493 e. The molecule has 0 atom stereocenters. The van der Waals surface area contributed by atoms with Gasteiger partial charge in [-0.1, -0.05) is 41.9 Å². The molecule has 10 heteroatoms. The number of nitrogens with zero attached hydrogens (tertiary/aromatic N) is 1. The van der Waals surface area contributed by atoms with E-state index in [-0.39, 0.29) is 11.4 Å². The topological polar surface area (TPSA) is 84.9 Å². The van der Waals surface area contributed by atoms with E-state index in [2.05, 4.69) is 27.9 Å². The van der Waals surface area contributed by atoms with Gasteiger partial charge in [0.2, 0.25) is 5.91 Å². The molecule has 0 bridgehead atoms. The fraction of sp³-hybridized carbons (Fsp3) is 0.115. The summed E-state index contributed by atoms with van der Waals surface area (Å²) in [5, 5.41) is 2.83. The van der Waals surface area contributed by atoms with E-state index in [9.17, 15) is 14.4 Å². The van der Waals surface area contributed by atoms with Crippen LogP contribution in [0.1, 0.15) is 11.1 Å². The first-order valence-corrected chi connectivity index (χ1v) is 13.0. The molecule has 36 heavy (non-hydrogen) atoms. The van der Waals surface area contributed by atoms with E-state index in [0.717, 1.165) is 25.8 Å². The molecule has 0 unspecified atom stereocenters. The molecule has 0 spiro atoms. The Bertz CT molecular complexity index is 1330. The smallest absolute Gasteiger partial charge is 0.294 e. The minimum absolute atomic E-state index is 0.222. The van der Waals surface area contributed by atoms with Crippen molar-refractivity contribution >= 4 is 74.8 Å². The number of carbonyl (C=O) groups excluding carboxylic acids is 3. The van der Waals surface area contributed by atoms with Gasteiger partial charge >= 0.3 is 0 Å². The Morgan fingerprint density at radius 2 is 1.83 bits per heavy atom. The maximum Gasteiger partial charge on any atom is 0.294 e. The van der Waals surface area contributed by atoms with Crippen LogP contribution in [0.4, 0.5) is 10.5 Å². The number of rotatable bonds is 8. The number of ether oxygens (including phenoxy) is 2. The van der Waals surface area contributed by atoms with Gasteiger partial charge < -0.3 is 14.8 Å². The second-order valence-electron chi connectivity index (χ2n) is 7.63. The normalized spacial score (nSPS) is 14.3. The van der Waals surface area contributed by atoms with Crippen LogP contribution in [0.25, 0.3) is 6.08 Å². The standard InChI is InChI=1S/C26H20ClIN2O5S/c1-34-21-12-17(11-20(28)24(21)35-15-16-7-9-18(27)10-8-16)13-22-25(32)30(26(33)36-22)14-23(31)29-19-5-3-2-4-6-19/h2-13H,14-15H2,1H3,(H,29,31)/b22-13+. The average Bonchev–Trinajstić information content (AvgIpc) is 3.12. The second-order valence-corrected chi connectivity index (χ2v) is 10.2. The quantitative estimate of drug-likeness (QED) is 0.235. The van der Waals surface area contributed by atoms with Gasteiger partial charge in [-0.15, -0.1) is 0 Å². The number of imide groups is 1. The molecular formula is C26H20ClIN2O5S. The van der Waals surface area contributed by atoms with Crippen LogP contribution in [-0.2, 0) is 16.2 Å². The molecule has 4 rings (SSSR count). The second kappa shape index (κ2) is 11.8. The maximum absolute atomic E-state index is 12.9. The number of benzene rings is 3. The molecule has 7 nitrogen and oxygen atoms in total. The molecule has 3 aromatic rings. The van der Waals surface area contributed by atoms with Crippen molar-refractivity contribution in [3.63, 3.8) is 0 Å². The monoisotopic (exact) mass is 634 g/mol. The summed E-state index contributed by atoms with van der Waals surface area (Å²) in [5.41, 5.74) is 2.20. The van der Waals surface area contributed by atoms with E-state index >= 15 is 0 Å². The van der Waals surface area contributed by atoms with Gasteiger partial charge in [0.05, 0.1) is 15.6 Å². The number of hydrogen-bond acceptors (Lipinski definition) is 6. The molecule has 184 valence electrons. The number of methoxy groups -OCH3 is 1. The van der Waals surface area contributed by atoms with Crippen molar-refractivity contribution in [2.45, 2.75) is 6.61 Å². The van der Waals surface area contributed by atoms with Crippen LogP contribution in [-0.4, -0.2) is 35.6 Å². The van der Waals surface area contributed by atoms with Gasteiger partial charge in [-0.25, -0.2) is 0 Å². The van der Waals surface area contributed by atoms with Gasteiger partial charge in [-0.2, -0.15) is 0 Å². The summed E-state index contributed by atoms with van der Waals surface area (Å²) in [6, 6.07) is 19.8. The third-order valence-electron chi connectivity index (χ3n) is 5.08. The van der Waals surface area contributed by atoms with Gasteiger partial charge in [0, 0.05) is 10.7 Å². The predicted octanol–water partition coefficient (Wildman–Crippen LogP) is 6.21. The van der Waals surface area contributed by atoms with Crippen LogP contribution >= 0.6 is 46.0 Å². The first-order chi connectivity index (χ1) is 17.3. The molecule has 0 aromatic heterocycles. The van der Waals surface area contributed by atoms with Gasteiger partial charge in [0.15, 0.2) is 11.5 Å². The number of halogens is 2. The zero-order chi connectivity index (χ0) is 25.7. The van der Waals surface area contributed by atoms with E-state index in [1.54, 1.807) is 48.5 Å². The molecule has 1 aliphatic heterocycles. The van der Waals surface area contributed by atoms with Gasteiger partial charge in [0.25, 0.3) is 11.1 Å². The molecule has 3 aromatic carbocycles. The zero-order valence-corrected chi connectivity index (χ0v) is 22.7. The summed E-state index contributed by atoms with van der Waals surface area (Å²) in [6.45, 7) is -0.0396. The third-order valence-corrected chi connectivity index (χ3v) is 7.04. The number of anilines is 1. The Morgan fingerprint density at radius 3 is 2.53 bits per heavy atom. The lowest BCUT2D eigenvalue weighted by atomic mass is 10.1. The van der Waals surface area contributed by atoms with Crippen molar-refractivity contribution in [3.05, 3.63) is 91.4 Å². The Morgan fingerprint density at radius 1 is 1.11 bits per heavy atom. The van der Waals surface area contributed by atoms with Gasteiger partial charge in [0.1, 0.15) is 13.2 Å². The Kier molecular flexibility index (Phi) is 8.55. The largest absolute Gasteiger partial charge is 0.493 e. The number of amides is 3. The van der Waals surface area contributed by atoms with Gasteiger partial charge in [-0.3, -0.25) is 19.3 Å². The highest BCUT2D eigenvalue weighted by atomic mass is 127. The van der Waals surface area contributed by atoms with Crippen LogP contribution in [0.3, 0.4) is 0 Å².